The molecule has 17 heavy (non-hydrogen) atoms. The maximum absolute atomic E-state index is 11.5. The third-order valence-electron chi connectivity index (χ3n) is 2.19. The summed E-state index contributed by atoms with van der Waals surface area (Å²) in [6.07, 6.45) is -1.35. The van der Waals surface area contributed by atoms with Crippen molar-refractivity contribution in [2.75, 3.05) is 20.2 Å². The quantitative estimate of drug-likeness (QED) is 0.699. The van der Waals surface area contributed by atoms with E-state index in [2.05, 4.69) is 5.32 Å². The Hall–Kier alpha value is -0.660. The molecule has 0 aliphatic carbocycles. The molecular formula is C10H17ClN2O3S. The molecule has 98 valence electrons. The second kappa shape index (κ2) is 8.43. The Balaban J connectivity index is 0.00000256. The number of hydrogen-bond acceptors (Lipinski definition) is 5. The van der Waals surface area contributed by atoms with E-state index in [0.717, 1.165) is 5.56 Å². The van der Waals surface area contributed by atoms with Gasteiger partial charge in [0, 0.05) is 20.2 Å². The molecule has 0 radical (unpaired) electrons. The van der Waals surface area contributed by atoms with Crippen molar-refractivity contribution in [3.63, 3.8) is 0 Å². The van der Waals surface area contributed by atoms with E-state index in [0.29, 0.717) is 0 Å². The molecule has 1 rings (SSSR count). The van der Waals surface area contributed by atoms with Crippen molar-refractivity contribution in [3.05, 3.63) is 22.4 Å². The van der Waals surface area contributed by atoms with Gasteiger partial charge in [-0.2, -0.15) is 11.3 Å². The Morgan fingerprint density at radius 3 is 2.88 bits per heavy atom. The molecule has 2 unspecified atom stereocenters. The molecule has 1 amide bonds. The van der Waals surface area contributed by atoms with Crippen LogP contribution in [0.3, 0.4) is 0 Å². The average molecular weight is 281 g/mol. The smallest absolute Gasteiger partial charge is 0.250 e. The molecule has 1 aromatic heterocycles. The SMILES string of the molecule is COC(CN)C(=O)NCC(O)c1ccsc1.Cl. The predicted molar refractivity (Wildman–Crippen MR) is 69.4 cm³/mol. The van der Waals surface area contributed by atoms with Crippen molar-refractivity contribution < 1.29 is 14.6 Å². The van der Waals surface area contributed by atoms with Gasteiger partial charge in [-0.15, -0.1) is 12.4 Å². The van der Waals surface area contributed by atoms with Crippen LogP contribution in [-0.2, 0) is 9.53 Å². The van der Waals surface area contributed by atoms with Gasteiger partial charge in [-0.25, -0.2) is 0 Å². The molecule has 5 nitrogen and oxygen atoms in total. The van der Waals surface area contributed by atoms with E-state index in [-0.39, 0.29) is 31.4 Å². The highest BCUT2D eigenvalue weighted by atomic mass is 35.5. The number of thiophene rings is 1. The fourth-order valence-corrected chi connectivity index (χ4v) is 1.91. The molecule has 0 bridgehead atoms. The molecule has 2 atom stereocenters. The average Bonchev–Trinajstić information content (AvgIpc) is 2.81. The first-order chi connectivity index (χ1) is 7.69. The zero-order chi connectivity index (χ0) is 12.0. The van der Waals surface area contributed by atoms with Crippen molar-refractivity contribution in [2.45, 2.75) is 12.2 Å². The molecule has 4 N–H and O–H groups in total. The lowest BCUT2D eigenvalue weighted by molar-refractivity contribution is -0.130. The van der Waals surface area contributed by atoms with Crippen LogP contribution in [0.25, 0.3) is 0 Å². The number of aliphatic hydroxyl groups is 1. The molecule has 0 spiro atoms. The highest BCUT2D eigenvalue weighted by Crippen LogP contribution is 2.14. The van der Waals surface area contributed by atoms with Crippen molar-refractivity contribution in [1.82, 2.24) is 5.32 Å². The Morgan fingerprint density at radius 2 is 2.41 bits per heavy atom. The second-order valence-electron chi connectivity index (χ2n) is 3.28. The maximum atomic E-state index is 11.5. The van der Waals surface area contributed by atoms with Gasteiger partial charge in [-0.3, -0.25) is 4.79 Å². The highest BCUT2D eigenvalue weighted by Gasteiger charge is 2.17. The number of methoxy groups -OCH3 is 1. The van der Waals surface area contributed by atoms with Crippen LogP contribution in [0.15, 0.2) is 16.8 Å². The first kappa shape index (κ1) is 16.3. The molecule has 0 aliphatic rings. The standard InChI is InChI=1S/C10H16N2O3S.ClH/c1-15-9(4-11)10(14)12-5-8(13)7-2-3-16-6-7;/h2-3,6,8-9,13H,4-5,11H2,1H3,(H,12,14);1H. The Labute approximate surface area is 110 Å². The highest BCUT2D eigenvalue weighted by molar-refractivity contribution is 7.07. The number of nitrogens with one attached hydrogen (secondary N) is 1. The molecule has 0 saturated heterocycles. The van der Waals surface area contributed by atoms with Crippen molar-refractivity contribution >= 4 is 29.7 Å². The van der Waals surface area contributed by atoms with Gasteiger partial charge in [0.05, 0.1) is 6.10 Å². The Kier molecular flexibility index (Phi) is 8.11. The fourth-order valence-electron chi connectivity index (χ4n) is 1.20. The first-order valence-corrected chi connectivity index (χ1v) is 5.84. The van der Waals surface area contributed by atoms with Crippen LogP contribution in [0.5, 0.6) is 0 Å². The number of halogens is 1. The van der Waals surface area contributed by atoms with Gasteiger partial charge in [-0.05, 0) is 22.4 Å². The summed E-state index contributed by atoms with van der Waals surface area (Å²) in [4.78, 5) is 11.5. The second-order valence-corrected chi connectivity index (χ2v) is 4.06. The van der Waals surface area contributed by atoms with E-state index in [1.807, 2.05) is 16.8 Å². The first-order valence-electron chi connectivity index (χ1n) is 4.89. The number of rotatable bonds is 6. The normalized spacial score (nSPS) is 13.6. The lowest BCUT2D eigenvalue weighted by Crippen LogP contribution is -2.42. The van der Waals surface area contributed by atoms with Crippen LogP contribution in [0.2, 0.25) is 0 Å². The summed E-state index contributed by atoms with van der Waals surface area (Å²) < 4.78 is 4.87. The third kappa shape index (κ3) is 5.01. The zero-order valence-electron chi connectivity index (χ0n) is 9.46. The van der Waals surface area contributed by atoms with E-state index in [9.17, 15) is 9.90 Å². The number of aliphatic hydroxyl groups excluding tert-OH is 1. The van der Waals surface area contributed by atoms with E-state index in [4.69, 9.17) is 10.5 Å². The number of hydrogen-bond donors (Lipinski definition) is 3. The van der Waals surface area contributed by atoms with E-state index in [1.165, 1.54) is 18.4 Å². The van der Waals surface area contributed by atoms with Crippen LogP contribution in [0.1, 0.15) is 11.7 Å². The van der Waals surface area contributed by atoms with Crippen molar-refractivity contribution in [2.24, 2.45) is 5.73 Å². The van der Waals surface area contributed by atoms with Crippen LogP contribution in [0.4, 0.5) is 0 Å². The lowest BCUT2D eigenvalue weighted by Gasteiger charge is -2.15. The third-order valence-corrected chi connectivity index (χ3v) is 2.89. The topological polar surface area (TPSA) is 84.6 Å². The van der Waals surface area contributed by atoms with E-state index in [1.54, 1.807) is 0 Å². The largest absolute Gasteiger partial charge is 0.387 e. The van der Waals surface area contributed by atoms with Crippen molar-refractivity contribution in [3.8, 4) is 0 Å². The van der Waals surface area contributed by atoms with Gasteiger partial charge >= 0.3 is 0 Å². The van der Waals surface area contributed by atoms with Crippen LogP contribution < -0.4 is 11.1 Å². The van der Waals surface area contributed by atoms with E-state index < -0.39 is 12.2 Å². The minimum Gasteiger partial charge on any atom is -0.387 e. The summed E-state index contributed by atoms with van der Waals surface area (Å²) >= 11 is 1.50. The van der Waals surface area contributed by atoms with E-state index >= 15 is 0 Å². The molecule has 7 heteroatoms. The summed E-state index contributed by atoms with van der Waals surface area (Å²) in [6, 6.07) is 1.82. The zero-order valence-corrected chi connectivity index (χ0v) is 11.1. The molecule has 0 aromatic carbocycles. The fraction of sp³-hybridized carbons (Fsp3) is 0.500. The molecule has 0 fully saturated rings. The predicted octanol–water partition coefficient (Wildman–Crippen LogP) is 0.293. The summed E-state index contributed by atoms with van der Waals surface area (Å²) in [6.45, 7) is 0.284. The minimum absolute atomic E-state index is 0. The monoisotopic (exact) mass is 280 g/mol. The molecule has 0 aliphatic heterocycles. The summed E-state index contributed by atoms with van der Waals surface area (Å²) in [7, 11) is 1.42. The maximum Gasteiger partial charge on any atom is 0.250 e. The van der Waals surface area contributed by atoms with Gasteiger partial charge in [0.25, 0.3) is 5.91 Å². The summed E-state index contributed by atoms with van der Waals surface area (Å²) in [5, 5.41) is 16.0. The van der Waals surface area contributed by atoms with Gasteiger partial charge in [-0.1, -0.05) is 0 Å². The summed E-state index contributed by atoms with van der Waals surface area (Å²) in [5.41, 5.74) is 6.14. The number of ether oxygens (including phenoxy) is 1. The summed E-state index contributed by atoms with van der Waals surface area (Å²) in [5.74, 6) is -0.306. The van der Waals surface area contributed by atoms with Gasteiger partial charge < -0.3 is 20.9 Å². The van der Waals surface area contributed by atoms with Crippen molar-refractivity contribution in [1.29, 1.82) is 0 Å². The number of carbonyl (C=O) groups is 1. The van der Waals surface area contributed by atoms with Crippen LogP contribution in [-0.4, -0.2) is 37.3 Å². The molecule has 1 heterocycles. The van der Waals surface area contributed by atoms with Gasteiger partial charge in [0.2, 0.25) is 0 Å². The van der Waals surface area contributed by atoms with Gasteiger partial charge in [0.1, 0.15) is 6.10 Å². The lowest BCUT2D eigenvalue weighted by atomic mass is 10.2. The number of carbonyl (C=O) groups excluding carboxylic acids is 1. The molecule has 1 aromatic rings. The Bertz CT molecular complexity index is 317. The molecule has 0 saturated carbocycles. The Morgan fingerprint density at radius 1 is 1.71 bits per heavy atom. The minimum atomic E-state index is -0.689. The van der Waals surface area contributed by atoms with Crippen LogP contribution in [0, 0.1) is 0 Å². The number of nitrogens with two attached hydrogens (primary N) is 1. The molecular weight excluding hydrogens is 264 g/mol. The number of amides is 1. The van der Waals surface area contributed by atoms with Gasteiger partial charge in [0.15, 0.2) is 0 Å². The van der Waals surface area contributed by atoms with Crippen LogP contribution >= 0.6 is 23.7 Å².